The quantitative estimate of drug-likeness (QED) is 0.244. The average molecular weight is 581 g/mol. The molecule has 1 rings (SSSR count). The second kappa shape index (κ2) is 31.6. The van der Waals surface area contributed by atoms with E-state index in [2.05, 4.69) is 118 Å². The van der Waals surface area contributed by atoms with Gasteiger partial charge in [0.05, 0.1) is 12.2 Å². The summed E-state index contributed by atoms with van der Waals surface area (Å²) in [5, 5.41) is 0. The zero-order valence-corrected chi connectivity index (χ0v) is 24.2. The number of rotatable bonds is 2. The molecule has 0 bridgehead atoms. The average Bonchev–Trinajstić information content (AvgIpc) is 2.88. The van der Waals surface area contributed by atoms with Crippen molar-refractivity contribution in [2.75, 3.05) is 0 Å². The Labute approximate surface area is 196 Å². The molecule has 0 amide bonds. The molecule has 1 aromatic heterocycles. The smallest absolute Gasteiger partial charge is 0.195 e. The molecule has 0 aliphatic heterocycles. The first-order valence-electron chi connectivity index (χ1n) is 10.4. The van der Waals surface area contributed by atoms with Crippen molar-refractivity contribution in [2.45, 2.75) is 123 Å². The Morgan fingerprint density at radius 2 is 0.893 bits per heavy atom. The first-order valence-corrected chi connectivity index (χ1v) is 10.4. The maximum Gasteiger partial charge on any atom is 0.195 e. The van der Waals surface area contributed by atoms with Crippen LogP contribution < -0.4 is 4.68 Å². The van der Waals surface area contributed by atoms with Crippen LogP contribution in [0.2, 0.25) is 0 Å². The van der Waals surface area contributed by atoms with Crippen LogP contribution in [0.25, 0.3) is 0 Å². The molecule has 0 spiro atoms. The van der Waals surface area contributed by atoms with Crippen molar-refractivity contribution < 1.29 is 24.8 Å². The van der Waals surface area contributed by atoms with Crippen molar-refractivity contribution in [3.63, 3.8) is 0 Å². The van der Waals surface area contributed by atoms with Crippen molar-refractivity contribution in [3.8, 4) is 0 Å². The fraction of sp³-hybridized carbons (Fsp3) is 0.840. The fourth-order valence-electron chi connectivity index (χ4n) is 1.25. The van der Waals surface area contributed by atoms with Crippen molar-refractivity contribution in [1.29, 1.82) is 0 Å². The van der Waals surface area contributed by atoms with Gasteiger partial charge in [0, 0.05) is 26.2 Å². The van der Waals surface area contributed by atoms with Crippen LogP contribution in [0.15, 0.2) is 18.5 Å². The Balaban J connectivity index is -0.0000000445. The summed E-state index contributed by atoms with van der Waals surface area (Å²) in [6, 6.07) is 3.18. The zero-order valence-electron chi connectivity index (χ0n) is 21.8. The van der Waals surface area contributed by atoms with E-state index in [1.807, 2.05) is 13.8 Å². The first kappa shape index (κ1) is 46.2. The third-order valence-corrected chi connectivity index (χ3v) is 1.80. The minimum Gasteiger partial charge on any atom is -0.358 e. The second-order valence-corrected chi connectivity index (χ2v) is 8.63. The van der Waals surface area contributed by atoms with E-state index < -0.39 is 0 Å². The molecule has 0 saturated carbocycles. The molecule has 1 aromatic rings. The van der Waals surface area contributed by atoms with Crippen LogP contribution in [0, 0.1) is 25.2 Å². The third-order valence-electron chi connectivity index (χ3n) is 1.80. The van der Waals surface area contributed by atoms with Crippen LogP contribution >= 0.6 is 0 Å². The van der Waals surface area contributed by atoms with Crippen molar-refractivity contribution >= 4 is 0 Å². The van der Waals surface area contributed by atoms with Crippen LogP contribution in [0.3, 0.4) is 0 Å². The van der Waals surface area contributed by atoms with Gasteiger partial charge in [-0.1, -0.05) is 83.6 Å². The van der Waals surface area contributed by atoms with Gasteiger partial charge in [0.2, 0.25) is 0 Å². The van der Waals surface area contributed by atoms with Crippen molar-refractivity contribution in [3.05, 3.63) is 25.9 Å². The summed E-state index contributed by atoms with van der Waals surface area (Å²) in [7, 11) is 0. The van der Waals surface area contributed by atoms with Crippen LogP contribution in [-0.4, -0.2) is 4.68 Å². The van der Waals surface area contributed by atoms with E-state index in [1.165, 1.54) is 0 Å². The predicted octanol–water partition coefficient (Wildman–Crippen LogP) is 9.03. The molecule has 0 aliphatic rings. The largest absolute Gasteiger partial charge is 0.358 e. The molecule has 0 aliphatic carbocycles. The van der Waals surface area contributed by atoms with E-state index in [0.29, 0.717) is 12.1 Å². The van der Waals surface area contributed by atoms with Gasteiger partial charge < -0.3 is 7.43 Å². The molecule has 0 N–H and O–H groups in total. The van der Waals surface area contributed by atoms with Crippen LogP contribution in [-0.2, 0) is 20.1 Å². The summed E-state index contributed by atoms with van der Waals surface area (Å²) in [5.41, 5.74) is 0. The van der Waals surface area contributed by atoms with Gasteiger partial charge in [0.25, 0.3) is 0 Å². The maximum absolute atomic E-state index is 2.24. The predicted molar refractivity (Wildman–Crippen MR) is 131 cm³/mol. The van der Waals surface area contributed by atoms with Gasteiger partial charge in [-0.25, -0.2) is 0 Å². The van der Waals surface area contributed by atoms with Gasteiger partial charge in [-0.15, -0.1) is 4.68 Å². The molecule has 179 valence electrons. The minimum absolute atomic E-state index is 0. The van der Waals surface area contributed by atoms with Crippen LogP contribution in [0.1, 0.15) is 123 Å². The number of hydrogen-bond acceptors (Lipinski definition) is 0. The zero-order chi connectivity index (χ0) is 21.2. The third kappa shape index (κ3) is 50.1. The van der Waals surface area contributed by atoms with Gasteiger partial charge in [-0.05, 0) is 45.4 Å². The number of aromatic nitrogens is 2. The van der Waals surface area contributed by atoms with Crippen LogP contribution in [0.4, 0.5) is 0 Å². The van der Waals surface area contributed by atoms with Gasteiger partial charge in [-0.2, -0.15) is 4.68 Å². The van der Waals surface area contributed by atoms with E-state index >= 15 is 0 Å². The summed E-state index contributed by atoms with van der Waals surface area (Å²) in [4.78, 5) is 0. The summed E-state index contributed by atoms with van der Waals surface area (Å²) >= 11 is 0. The molecule has 3 heteroatoms. The second-order valence-electron chi connectivity index (χ2n) is 8.63. The Morgan fingerprint density at radius 1 is 0.643 bits per heavy atom. The van der Waals surface area contributed by atoms with E-state index in [1.54, 1.807) is 0 Å². The molecule has 0 unspecified atom stereocenters. The maximum atomic E-state index is 2.24. The minimum atomic E-state index is 0. The molecule has 0 fully saturated rings. The standard InChI is InChI=1S/C9H17N2.3C4H10.C2H6.CH4.CH3.Ir/c1-8(2)10-6-5-7-11(10)9(3)4;3*1-4(2)3;1-2;;;/h5-9H,1-4H3;3*4H,1-3H3;1-2H3;1H4;1H3;/q+1;;;;;;-1;. The van der Waals surface area contributed by atoms with Crippen molar-refractivity contribution in [2.24, 2.45) is 17.8 Å². The molecular formula is C25H60IrN2. The molecule has 1 heterocycles. The summed E-state index contributed by atoms with van der Waals surface area (Å²) in [6.07, 6.45) is 4.23. The number of hydrogen-bond donors (Lipinski definition) is 0. The molecule has 2 nitrogen and oxygen atoms in total. The monoisotopic (exact) mass is 581 g/mol. The normalized spacial score (nSPS) is 8.57. The van der Waals surface area contributed by atoms with E-state index in [9.17, 15) is 0 Å². The topological polar surface area (TPSA) is 8.81 Å². The van der Waals surface area contributed by atoms with Crippen LogP contribution in [0.5, 0.6) is 0 Å². The Kier molecular flexibility index (Phi) is 52.0. The molecule has 0 aromatic carbocycles. The molecule has 28 heavy (non-hydrogen) atoms. The van der Waals surface area contributed by atoms with E-state index in [-0.39, 0.29) is 35.0 Å². The summed E-state index contributed by atoms with van der Waals surface area (Å²) < 4.78 is 4.48. The summed E-state index contributed by atoms with van der Waals surface area (Å²) in [6.45, 7) is 32.3. The Morgan fingerprint density at radius 3 is 1.04 bits per heavy atom. The van der Waals surface area contributed by atoms with Crippen molar-refractivity contribution in [1.82, 2.24) is 4.68 Å². The van der Waals surface area contributed by atoms with E-state index in [4.69, 9.17) is 0 Å². The first-order chi connectivity index (χ1) is 11.3. The molecule has 0 atom stereocenters. The molecule has 1 radical (unpaired) electrons. The number of nitrogens with zero attached hydrogens (tertiary/aromatic N) is 2. The Bertz CT molecular complexity index is 295. The van der Waals surface area contributed by atoms with E-state index in [0.717, 1.165) is 17.8 Å². The molecule has 0 saturated heterocycles. The fourth-order valence-corrected chi connectivity index (χ4v) is 1.25. The Hall–Kier alpha value is -0.141. The summed E-state index contributed by atoms with van der Waals surface area (Å²) in [5.74, 6) is 2.50. The van der Waals surface area contributed by atoms with Gasteiger partial charge in [0.1, 0.15) is 0 Å². The SMILES string of the molecule is C.CC.CC(C)C.CC(C)C.CC(C)C.CC(C)n1ccc[n+]1C(C)C.[CH3-].[Ir]. The van der Waals surface area contributed by atoms with Gasteiger partial charge >= 0.3 is 0 Å². The molecular weight excluding hydrogens is 521 g/mol. The van der Waals surface area contributed by atoms with Gasteiger partial charge in [0.15, 0.2) is 12.2 Å². The van der Waals surface area contributed by atoms with Gasteiger partial charge in [-0.3, -0.25) is 0 Å².